The van der Waals surface area contributed by atoms with Crippen molar-refractivity contribution in [3.8, 4) is 5.75 Å². The lowest BCUT2D eigenvalue weighted by Crippen LogP contribution is -2.09. The molecule has 0 N–H and O–H groups in total. The van der Waals surface area contributed by atoms with E-state index in [0.717, 1.165) is 7.11 Å². The van der Waals surface area contributed by atoms with Crippen molar-refractivity contribution in [1.82, 2.24) is 0 Å². The molecule has 78 valence electrons. The van der Waals surface area contributed by atoms with Crippen LogP contribution in [0.2, 0.25) is 0 Å². The molecule has 1 nitrogen and oxygen atoms in total. The molecular weight excluding hydrogens is 200 g/mol. The Morgan fingerprint density at radius 2 is 1.79 bits per heavy atom. The Balaban J connectivity index is 3.36. The fourth-order valence-electron chi connectivity index (χ4n) is 1.12. The van der Waals surface area contributed by atoms with Gasteiger partial charge in [-0.15, -0.1) is 0 Å². The van der Waals surface area contributed by atoms with Crippen molar-refractivity contribution in [1.29, 1.82) is 0 Å². The molecule has 0 aliphatic heterocycles. The molecule has 0 fully saturated rings. The second-order valence-corrected chi connectivity index (χ2v) is 2.78. The molecule has 0 heterocycles. The number of rotatable bonds is 1. The van der Waals surface area contributed by atoms with Gasteiger partial charge in [0.2, 0.25) is 0 Å². The fourth-order valence-corrected chi connectivity index (χ4v) is 1.12. The zero-order valence-electron chi connectivity index (χ0n) is 7.57. The third-order valence-corrected chi connectivity index (χ3v) is 1.80. The van der Waals surface area contributed by atoms with E-state index in [9.17, 15) is 17.6 Å². The normalized spacial score (nSPS) is 11.6. The summed E-state index contributed by atoms with van der Waals surface area (Å²) in [5, 5.41) is 0. The zero-order valence-corrected chi connectivity index (χ0v) is 7.57. The molecule has 0 saturated heterocycles. The Labute approximate surface area is 78.3 Å². The number of ether oxygens (including phenoxy) is 1. The summed E-state index contributed by atoms with van der Waals surface area (Å²) in [6.07, 6.45) is -4.69. The Morgan fingerprint density at radius 1 is 1.21 bits per heavy atom. The molecule has 0 spiro atoms. The van der Waals surface area contributed by atoms with E-state index in [1.165, 1.54) is 13.0 Å². The molecule has 0 unspecified atom stereocenters. The van der Waals surface area contributed by atoms with Crippen molar-refractivity contribution >= 4 is 0 Å². The Bertz CT molecular complexity index is 343. The van der Waals surface area contributed by atoms with Gasteiger partial charge in [-0.3, -0.25) is 0 Å². The number of methoxy groups -OCH3 is 1. The van der Waals surface area contributed by atoms with Crippen LogP contribution in [0, 0.1) is 12.7 Å². The number of hydrogen-bond acceptors (Lipinski definition) is 1. The highest BCUT2D eigenvalue weighted by Gasteiger charge is 2.35. The maximum absolute atomic E-state index is 13.2. The van der Waals surface area contributed by atoms with E-state index in [0.29, 0.717) is 11.6 Å². The average Bonchev–Trinajstić information content (AvgIpc) is 2.02. The predicted molar refractivity (Wildman–Crippen MR) is 42.7 cm³/mol. The van der Waals surface area contributed by atoms with Crippen LogP contribution in [0.1, 0.15) is 11.1 Å². The van der Waals surface area contributed by atoms with Crippen LogP contribution >= 0.6 is 0 Å². The van der Waals surface area contributed by atoms with Gasteiger partial charge in [0.1, 0.15) is 0 Å². The highest BCUT2D eigenvalue weighted by atomic mass is 19.4. The number of alkyl halides is 3. The lowest BCUT2D eigenvalue weighted by Gasteiger charge is -2.12. The van der Waals surface area contributed by atoms with Gasteiger partial charge in [-0.25, -0.2) is 4.39 Å². The quantitative estimate of drug-likeness (QED) is 0.644. The average molecular weight is 208 g/mol. The van der Waals surface area contributed by atoms with Gasteiger partial charge in [0, 0.05) is 0 Å². The first-order chi connectivity index (χ1) is 6.38. The third-order valence-electron chi connectivity index (χ3n) is 1.80. The number of benzene rings is 1. The molecule has 0 atom stereocenters. The van der Waals surface area contributed by atoms with Gasteiger partial charge in [0.05, 0.1) is 12.7 Å². The first-order valence-electron chi connectivity index (χ1n) is 3.78. The van der Waals surface area contributed by atoms with Crippen molar-refractivity contribution in [2.24, 2.45) is 0 Å². The molecule has 0 bridgehead atoms. The molecule has 14 heavy (non-hydrogen) atoms. The highest BCUT2D eigenvalue weighted by molar-refractivity contribution is 5.39. The molecule has 1 rings (SSSR count). The van der Waals surface area contributed by atoms with Crippen LogP contribution in [0.4, 0.5) is 17.6 Å². The minimum Gasteiger partial charge on any atom is -0.493 e. The summed E-state index contributed by atoms with van der Waals surface area (Å²) in [4.78, 5) is 0. The first-order valence-corrected chi connectivity index (χ1v) is 3.78. The molecule has 0 aliphatic carbocycles. The summed E-state index contributed by atoms with van der Waals surface area (Å²) in [6, 6.07) is 1.87. The monoisotopic (exact) mass is 208 g/mol. The highest BCUT2D eigenvalue weighted by Crippen LogP contribution is 2.36. The van der Waals surface area contributed by atoms with Crippen LogP contribution in [0.25, 0.3) is 0 Å². The Kier molecular flexibility index (Phi) is 2.69. The summed E-state index contributed by atoms with van der Waals surface area (Å²) < 4.78 is 54.3. The van der Waals surface area contributed by atoms with Crippen molar-refractivity contribution in [3.63, 3.8) is 0 Å². The second kappa shape index (κ2) is 3.48. The zero-order chi connectivity index (χ0) is 10.9. The minimum atomic E-state index is -4.69. The van der Waals surface area contributed by atoms with E-state index in [1.807, 2.05) is 0 Å². The van der Waals surface area contributed by atoms with Crippen LogP contribution in [-0.4, -0.2) is 7.11 Å². The van der Waals surface area contributed by atoms with Crippen molar-refractivity contribution in [2.45, 2.75) is 13.1 Å². The molecule has 0 aliphatic rings. The smallest absolute Gasteiger partial charge is 0.419 e. The van der Waals surface area contributed by atoms with Gasteiger partial charge < -0.3 is 4.74 Å². The van der Waals surface area contributed by atoms with E-state index in [1.54, 1.807) is 0 Å². The standard InChI is InChI=1S/C9H8F4O/c1-5-3-4-6(9(11,12)13)7(10)8(5)14-2/h3-4H,1-2H3. The molecule has 0 saturated carbocycles. The van der Waals surface area contributed by atoms with Gasteiger partial charge in [-0.2, -0.15) is 13.2 Å². The van der Waals surface area contributed by atoms with Crippen molar-refractivity contribution in [2.75, 3.05) is 7.11 Å². The SMILES string of the molecule is COc1c(C)ccc(C(F)(F)F)c1F. The molecule has 5 heteroatoms. The van der Waals surface area contributed by atoms with Crippen molar-refractivity contribution in [3.05, 3.63) is 29.1 Å². The second-order valence-electron chi connectivity index (χ2n) is 2.78. The fraction of sp³-hybridized carbons (Fsp3) is 0.333. The lowest BCUT2D eigenvalue weighted by molar-refractivity contribution is -0.140. The van der Waals surface area contributed by atoms with Gasteiger partial charge in [-0.1, -0.05) is 6.07 Å². The topological polar surface area (TPSA) is 9.23 Å². The molecule has 0 amide bonds. The molecule has 0 aromatic heterocycles. The predicted octanol–water partition coefficient (Wildman–Crippen LogP) is 3.16. The van der Waals surface area contributed by atoms with Crippen LogP contribution in [0.3, 0.4) is 0 Å². The summed E-state index contributed by atoms with van der Waals surface area (Å²) in [7, 11) is 1.13. The maximum Gasteiger partial charge on any atom is 0.419 e. The summed E-state index contributed by atoms with van der Waals surface area (Å²) >= 11 is 0. The van der Waals surface area contributed by atoms with Gasteiger partial charge in [-0.05, 0) is 18.6 Å². The van der Waals surface area contributed by atoms with Gasteiger partial charge in [0.25, 0.3) is 0 Å². The number of halogens is 4. The van der Waals surface area contributed by atoms with E-state index in [-0.39, 0.29) is 5.75 Å². The van der Waals surface area contributed by atoms with E-state index >= 15 is 0 Å². The molecular formula is C9H8F4O. The molecule has 1 aromatic rings. The summed E-state index contributed by atoms with van der Waals surface area (Å²) in [5.41, 5.74) is -0.974. The van der Waals surface area contributed by atoms with Gasteiger partial charge >= 0.3 is 6.18 Å². The van der Waals surface area contributed by atoms with Crippen molar-refractivity contribution < 1.29 is 22.3 Å². The number of aryl methyl sites for hydroxylation is 1. The summed E-state index contributed by atoms with van der Waals surface area (Å²) in [5.74, 6) is -1.72. The van der Waals surface area contributed by atoms with Gasteiger partial charge in [0.15, 0.2) is 11.6 Å². The van der Waals surface area contributed by atoms with Crippen LogP contribution < -0.4 is 4.74 Å². The van der Waals surface area contributed by atoms with E-state index in [4.69, 9.17) is 0 Å². The van der Waals surface area contributed by atoms with Crippen LogP contribution in [-0.2, 0) is 6.18 Å². The molecule has 0 radical (unpaired) electrons. The largest absolute Gasteiger partial charge is 0.493 e. The van der Waals surface area contributed by atoms with Crippen LogP contribution in [0.5, 0.6) is 5.75 Å². The van der Waals surface area contributed by atoms with Crippen LogP contribution in [0.15, 0.2) is 12.1 Å². The first kappa shape index (κ1) is 10.8. The Morgan fingerprint density at radius 3 is 2.21 bits per heavy atom. The summed E-state index contributed by atoms with van der Waals surface area (Å²) in [6.45, 7) is 1.47. The Hall–Kier alpha value is -1.26. The minimum absolute atomic E-state index is 0.331. The lowest BCUT2D eigenvalue weighted by atomic mass is 10.1. The van der Waals surface area contributed by atoms with E-state index in [2.05, 4.69) is 4.74 Å². The van der Waals surface area contributed by atoms with E-state index < -0.39 is 17.6 Å². The maximum atomic E-state index is 13.2. The third kappa shape index (κ3) is 1.81. The number of hydrogen-bond donors (Lipinski definition) is 0. The molecule has 1 aromatic carbocycles.